The number of rotatable bonds is 4. The molecule has 0 aromatic carbocycles. The molecule has 1 saturated carbocycles. The molecule has 0 bridgehead atoms. The Hall–Kier alpha value is -2.64. The molecule has 3 aromatic heterocycles. The highest BCUT2D eigenvalue weighted by atomic mass is 15.3. The smallest absolute Gasteiger partial charge is 0.219 e. The van der Waals surface area contributed by atoms with Crippen LogP contribution in [-0.4, -0.2) is 32.4 Å². The lowest BCUT2D eigenvalue weighted by Crippen LogP contribution is -2.14. The standard InChI is InChI=1S/C17H20BN7/c18-13-10-23-25-15(20-7-11-8-21-17(19)22-9-11)6-14(24-16(13)25)12-4-2-1-3-5-12/h6,8-10,12,20H,1-5,7H2,(H2,19,21,22). The van der Waals surface area contributed by atoms with Gasteiger partial charge in [0.1, 0.15) is 19.3 Å². The summed E-state index contributed by atoms with van der Waals surface area (Å²) >= 11 is 0. The van der Waals surface area contributed by atoms with Crippen LogP contribution in [0.15, 0.2) is 24.7 Å². The van der Waals surface area contributed by atoms with Crippen molar-refractivity contribution in [3.63, 3.8) is 0 Å². The summed E-state index contributed by atoms with van der Waals surface area (Å²) in [6.45, 7) is 0.573. The van der Waals surface area contributed by atoms with Gasteiger partial charge in [-0.05, 0) is 18.3 Å². The van der Waals surface area contributed by atoms with E-state index in [1.54, 1.807) is 23.1 Å². The Morgan fingerprint density at radius 1 is 1.16 bits per heavy atom. The van der Waals surface area contributed by atoms with E-state index in [1.165, 1.54) is 32.1 Å². The van der Waals surface area contributed by atoms with Gasteiger partial charge in [0.15, 0.2) is 0 Å². The van der Waals surface area contributed by atoms with E-state index >= 15 is 0 Å². The molecule has 0 aliphatic heterocycles. The lowest BCUT2D eigenvalue weighted by molar-refractivity contribution is 0.437. The summed E-state index contributed by atoms with van der Waals surface area (Å²) in [6, 6.07) is 2.09. The number of anilines is 2. The van der Waals surface area contributed by atoms with Crippen molar-refractivity contribution >= 4 is 30.7 Å². The van der Waals surface area contributed by atoms with E-state index in [0.717, 1.165) is 17.1 Å². The zero-order chi connectivity index (χ0) is 17.2. The molecule has 3 heterocycles. The van der Waals surface area contributed by atoms with Gasteiger partial charge in [0, 0.05) is 48.4 Å². The van der Waals surface area contributed by atoms with Gasteiger partial charge in [0.2, 0.25) is 5.95 Å². The first-order chi connectivity index (χ1) is 12.2. The van der Waals surface area contributed by atoms with Crippen LogP contribution in [0.4, 0.5) is 11.8 Å². The molecule has 0 spiro atoms. The van der Waals surface area contributed by atoms with Crippen LogP contribution >= 0.6 is 0 Å². The molecule has 0 unspecified atom stereocenters. The number of hydrogen-bond donors (Lipinski definition) is 2. The minimum Gasteiger partial charge on any atom is -0.368 e. The monoisotopic (exact) mass is 333 g/mol. The van der Waals surface area contributed by atoms with Crippen molar-refractivity contribution in [3.8, 4) is 0 Å². The van der Waals surface area contributed by atoms with E-state index in [2.05, 4.69) is 26.4 Å². The van der Waals surface area contributed by atoms with Crippen LogP contribution in [0, 0.1) is 0 Å². The molecule has 1 fully saturated rings. The average Bonchev–Trinajstić information content (AvgIpc) is 3.03. The van der Waals surface area contributed by atoms with Crippen LogP contribution in [0.2, 0.25) is 0 Å². The molecule has 3 N–H and O–H groups in total. The van der Waals surface area contributed by atoms with Crippen molar-refractivity contribution in [1.82, 2.24) is 24.6 Å². The summed E-state index contributed by atoms with van der Waals surface area (Å²) in [7, 11) is 6.06. The van der Waals surface area contributed by atoms with Crippen LogP contribution in [0.1, 0.15) is 49.3 Å². The zero-order valence-corrected chi connectivity index (χ0v) is 14.0. The molecule has 25 heavy (non-hydrogen) atoms. The summed E-state index contributed by atoms with van der Waals surface area (Å²) in [6.07, 6.45) is 11.3. The summed E-state index contributed by atoms with van der Waals surface area (Å²) < 4.78 is 1.75. The predicted molar refractivity (Wildman–Crippen MR) is 98.0 cm³/mol. The van der Waals surface area contributed by atoms with E-state index < -0.39 is 0 Å². The number of aromatic nitrogens is 5. The number of fused-ring (bicyclic) bond motifs is 1. The lowest BCUT2D eigenvalue weighted by Gasteiger charge is -2.22. The van der Waals surface area contributed by atoms with Crippen LogP contribution in [0.3, 0.4) is 0 Å². The maximum atomic E-state index is 6.06. The zero-order valence-electron chi connectivity index (χ0n) is 14.0. The van der Waals surface area contributed by atoms with E-state index in [4.69, 9.17) is 18.6 Å². The maximum absolute atomic E-state index is 6.06. The number of nitrogen functional groups attached to an aromatic ring is 1. The molecule has 1 aliphatic rings. The number of hydrogen-bond acceptors (Lipinski definition) is 6. The van der Waals surface area contributed by atoms with Crippen molar-refractivity contribution < 1.29 is 0 Å². The second kappa shape index (κ2) is 6.70. The van der Waals surface area contributed by atoms with Gasteiger partial charge in [-0.25, -0.2) is 15.0 Å². The van der Waals surface area contributed by atoms with Crippen LogP contribution in [-0.2, 0) is 6.54 Å². The lowest BCUT2D eigenvalue weighted by atomic mass is 9.86. The molecular weight excluding hydrogens is 313 g/mol. The van der Waals surface area contributed by atoms with Gasteiger partial charge in [0.25, 0.3) is 0 Å². The van der Waals surface area contributed by atoms with Gasteiger partial charge in [-0.3, -0.25) is 0 Å². The molecule has 0 amide bonds. The van der Waals surface area contributed by atoms with Gasteiger partial charge in [-0.15, -0.1) is 0 Å². The Morgan fingerprint density at radius 2 is 1.92 bits per heavy atom. The fourth-order valence-corrected chi connectivity index (χ4v) is 3.38. The molecule has 4 rings (SSSR count). The van der Waals surface area contributed by atoms with Gasteiger partial charge < -0.3 is 11.1 Å². The fourth-order valence-electron chi connectivity index (χ4n) is 3.38. The van der Waals surface area contributed by atoms with E-state index in [-0.39, 0.29) is 5.95 Å². The molecule has 8 heteroatoms. The molecule has 7 nitrogen and oxygen atoms in total. The van der Waals surface area contributed by atoms with Crippen LogP contribution < -0.4 is 16.5 Å². The summed E-state index contributed by atoms with van der Waals surface area (Å²) in [5, 5.41) is 7.75. The van der Waals surface area contributed by atoms with Crippen molar-refractivity contribution in [2.75, 3.05) is 11.1 Å². The molecule has 2 radical (unpaired) electrons. The van der Waals surface area contributed by atoms with Gasteiger partial charge >= 0.3 is 0 Å². The maximum Gasteiger partial charge on any atom is 0.219 e. The second-order valence-electron chi connectivity index (χ2n) is 6.54. The van der Waals surface area contributed by atoms with E-state index in [1.807, 2.05) is 0 Å². The predicted octanol–water partition coefficient (Wildman–Crippen LogP) is 1.56. The average molecular weight is 333 g/mol. The second-order valence-corrected chi connectivity index (χ2v) is 6.54. The first-order valence-electron chi connectivity index (χ1n) is 8.65. The van der Waals surface area contributed by atoms with Crippen molar-refractivity contribution in [1.29, 1.82) is 0 Å². The summed E-state index contributed by atoms with van der Waals surface area (Å²) in [5.41, 5.74) is 8.87. The molecule has 0 saturated heterocycles. The van der Waals surface area contributed by atoms with Gasteiger partial charge in [-0.1, -0.05) is 19.3 Å². The highest BCUT2D eigenvalue weighted by molar-refractivity contribution is 6.36. The topological polar surface area (TPSA) is 94.0 Å². The Bertz CT molecular complexity index is 869. The third kappa shape index (κ3) is 3.29. The minimum absolute atomic E-state index is 0.273. The normalized spacial score (nSPS) is 15.5. The Balaban J connectivity index is 1.64. The first-order valence-corrected chi connectivity index (χ1v) is 8.65. The van der Waals surface area contributed by atoms with Gasteiger partial charge in [0.05, 0.1) is 0 Å². The molecule has 126 valence electrons. The van der Waals surface area contributed by atoms with Crippen molar-refractivity contribution in [2.24, 2.45) is 0 Å². The molecular formula is C17H20BN7. The highest BCUT2D eigenvalue weighted by Gasteiger charge is 2.19. The number of nitrogens with two attached hydrogens (primary N) is 1. The van der Waals surface area contributed by atoms with Crippen LogP contribution in [0.5, 0.6) is 0 Å². The van der Waals surface area contributed by atoms with Crippen molar-refractivity contribution in [3.05, 3.63) is 35.9 Å². The largest absolute Gasteiger partial charge is 0.368 e. The first kappa shape index (κ1) is 15.9. The highest BCUT2D eigenvalue weighted by Crippen LogP contribution is 2.32. The Labute approximate surface area is 147 Å². The van der Waals surface area contributed by atoms with E-state index in [0.29, 0.717) is 23.6 Å². The van der Waals surface area contributed by atoms with E-state index in [9.17, 15) is 0 Å². The third-order valence-electron chi connectivity index (χ3n) is 4.74. The number of nitrogens with one attached hydrogen (secondary N) is 1. The fraction of sp³-hybridized carbons (Fsp3) is 0.412. The quantitative estimate of drug-likeness (QED) is 0.704. The Morgan fingerprint density at radius 3 is 2.68 bits per heavy atom. The third-order valence-corrected chi connectivity index (χ3v) is 4.74. The summed E-state index contributed by atoms with van der Waals surface area (Å²) in [5.74, 6) is 1.64. The molecule has 1 aliphatic carbocycles. The van der Waals surface area contributed by atoms with Crippen molar-refractivity contribution in [2.45, 2.75) is 44.6 Å². The Kier molecular flexibility index (Phi) is 4.25. The molecule has 0 atom stereocenters. The number of nitrogens with zero attached hydrogens (tertiary/aromatic N) is 5. The SMILES string of the molecule is [B]c1cnn2c(NCc3cnc(N)nc3)cc(C3CCCCC3)nc12. The van der Waals surface area contributed by atoms with Crippen LogP contribution in [0.25, 0.3) is 5.65 Å². The van der Waals surface area contributed by atoms with Gasteiger partial charge in [-0.2, -0.15) is 9.61 Å². The summed E-state index contributed by atoms with van der Waals surface area (Å²) in [4.78, 5) is 12.8. The molecule has 3 aromatic rings. The minimum atomic E-state index is 0.273.